The van der Waals surface area contributed by atoms with E-state index in [4.69, 9.17) is 18.9 Å². The van der Waals surface area contributed by atoms with E-state index in [1.54, 1.807) is 26.0 Å². The average Bonchev–Trinajstić information content (AvgIpc) is 2.83. The van der Waals surface area contributed by atoms with Crippen LogP contribution < -0.4 is 9.47 Å². The Morgan fingerprint density at radius 1 is 0.886 bits per heavy atom. The van der Waals surface area contributed by atoms with Crippen LogP contribution >= 0.6 is 31.9 Å². The molecule has 0 unspecified atom stereocenters. The van der Waals surface area contributed by atoms with Gasteiger partial charge in [-0.05, 0) is 72.1 Å². The molecule has 35 heavy (non-hydrogen) atoms. The lowest BCUT2D eigenvalue weighted by atomic mass is 9.92. The number of ether oxygens (including phenoxy) is 4. The van der Waals surface area contributed by atoms with E-state index in [0.717, 1.165) is 10.0 Å². The number of pyridine rings is 1. The molecule has 0 aliphatic rings. The van der Waals surface area contributed by atoms with Gasteiger partial charge in [-0.2, -0.15) is 0 Å². The Kier molecular flexibility index (Phi) is 8.91. The molecule has 7 nitrogen and oxygen atoms in total. The van der Waals surface area contributed by atoms with Crippen molar-refractivity contribution < 1.29 is 28.5 Å². The number of benzene rings is 2. The highest BCUT2D eigenvalue weighted by Crippen LogP contribution is 2.43. The van der Waals surface area contributed by atoms with Crippen LogP contribution in [0.15, 0.2) is 45.3 Å². The SMILES string of the molecule is CCOc1cc(-c2c(C(=O)OC)c(C)nc(C)c2C(=O)OC)cc(Br)c1OCc1ccc(Br)cc1. The fraction of sp³-hybridized carbons (Fsp3) is 0.269. The van der Waals surface area contributed by atoms with Gasteiger partial charge in [0.05, 0.1) is 47.8 Å². The first kappa shape index (κ1) is 26.7. The summed E-state index contributed by atoms with van der Waals surface area (Å²) >= 11 is 7.01. The summed E-state index contributed by atoms with van der Waals surface area (Å²) in [7, 11) is 2.56. The van der Waals surface area contributed by atoms with Crippen molar-refractivity contribution in [1.29, 1.82) is 0 Å². The fourth-order valence-electron chi connectivity index (χ4n) is 3.69. The summed E-state index contributed by atoms with van der Waals surface area (Å²) in [5.74, 6) is -0.271. The second-order valence-electron chi connectivity index (χ2n) is 7.52. The third-order valence-electron chi connectivity index (χ3n) is 5.23. The van der Waals surface area contributed by atoms with Gasteiger partial charge in [0.1, 0.15) is 6.61 Å². The van der Waals surface area contributed by atoms with Gasteiger partial charge < -0.3 is 18.9 Å². The molecule has 0 atom stereocenters. The predicted molar refractivity (Wildman–Crippen MR) is 139 cm³/mol. The Bertz CT molecular complexity index is 1220. The monoisotopic (exact) mass is 605 g/mol. The fourth-order valence-corrected chi connectivity index (χ4v) is 4.51. The summed E-state index contributed by atoms with van der Waals surface area (Å²) in [6.45, 7) is 5.95. The van der Waals surface area contributed by atoms with E-state index in [1.165, 1.54) is 14.2 Å². The number of halogens is 2. The molecule has 0 saturated heterocycles. The predicted octanol–water partition coefficient (Wildman–Crippen LogP) is 6.44. The van der Waals surface area contributed by atoms with Crippen molar-refractivity contribution in [2.24, 2.45) is 0 Å². The number of aryl methyl sites for hydroxylation is 2. The molecule has 1 aromatic heterocycles. The molecule has 9 heteroatoms. The largest absolute Gasteiger partial charge is 0.490 e. The molecule has 0 fully saturated rings. The lowest BCUT2D eigenvalue weighted by Crippen LogP contribution is -2.16. The summed E-state index contributed by atoms with van der Waals surface area (Å²) in [5.41, 5.74) is 3.10. The molecule has 0 spiro atoms. The Morgan fingerprint density at radius 2 is 1.46 bits per heavy atom. The highest BCUT2D eigenvalue weighted by Gasteiger charge is 2.28. The zero-order chi connectivity index (χ0) is 25.7. The Balaban J connectivity index is 2.20. The molecule has 2 aromatic carbocycles. The van der Waals surface area contributed by atoms with Crippen LogP contribution in [0.1, 0.15) is 44.6 Å². The average molecular weight is 607 g/mol. The first-order chi connectivity index (χ1) is 16.7. The summed E-state index contributed by atoms with van der Waals surface area (Å²) in [6.07, 6.45) is 0. The van der Waals surface area contributed by atoms with Crippen molar-refractivity contribution in [2.75, 3.05) is 20.8 Å². The number of carbonyl (C=O) groups is 2. The second-order valence-corrected chi connectivity index (χ2v) is 9.29. The number of carbonyl (C=O) groups excluding carboxylic acids is 2. The third-order valence-corrected chi connectivity index (χ3v) is 6.35. The number of nitrogens with zero attached hydrogens (tertiary/aromatic N) is 1. The van der Waals surface area contributed by atoms with Crippen molar-refractivity contribution in [3.8, 4) is 22.6 Å². The van der Waals surface area contributed by atoms with E-state index < -0.39 is 11.9 Å². The number of esters is 2. The van der Waals surface area contributed by atoms with Crippen LogP contribution in [0.3, 0.4) is 0 Å². The molecule has 3 rings (SSSR count). The molecule has 0 amide bonds. The van der Waals surface area contributed by atoms with E-state index in [1.807, 2.05) is 31.2 Å². The number of methoxy groups -OCH3 is 2. The maximum Gasteiger partial charge on any atom is 0.340 e. The highest BCUT2D eigenvalue weighted by molar-refractivity contribution is 9.10. The van der Waals surface area contributed by atoms with Gasteiger partial charge in [0.2, 0.25) is 0 Å². The molecule has 0 radical (unpaired) electrons. The van der Waals surface area contributed by atoms with Gasteiger partial charge in [-0.25, -0.2) is 9.59 Å². The molecule has 0 bridgehead atoms. The van der Waals surface area contributed by atoms with E-state index in [2.05, 4.69) is 36.8 Å². The van der Waals surface area contributed by atoms with Crippen LogP contribution in [0.2, 0.25) is 0 Å². The lowest BCUT2D eigenvalue weighted by Gasteiger charge is -2.20. The molecule has 1 heterocycles. The molecule has 0 N–H and O–H groups in total. The lowest BCUT2D eigenvalue weighted by molar-refractivity contribution is 0.0599. The Hall–Kier alpha value is -2.91. The van der Waals surface area contributed by atoms with Crippen LogP contribution in [0.25, 0.3) is 11.1 Å². The minimum atomic E-state index is -0.611. The topological polar surface area (TPSA) is 84.0 Å². The van der Waals surface area contributed by atoms with Gasteiger partial charge >= 0.3 is 11.9 Å². The summed E-state index contributed by atoms with van der Waals surface area (Å²) < 4.78 is 23.6. The van der Waals surface area contributed by atoms with Crippen molar-refractivity contribution in [3.05, 3.63) is 73.4 Å². The van der Waals surface area contributed by atoms with E-state index in [0.29, 0.717) is 51.7 Å². The molecule has 0 aliphatic heterocycles. The molecular formula is C26H25Br2NO6. The molecular weight excluding hydrogens is 582 g/mol. The number of hydrogen-bond acceptors (Lipinski definition) is 7. The van der Waals surface area contributed by atoms with Crippen LogP contribution in [0, 0.1) is 13.8 Å². The Morgan fingerprint density at radius 3 is 1.97 bits per heavy atom. The van der Waals surface area contributed by atoms with Crippen molar-refractivity contribution >= 4 is 43.8 Å². The van der Waals surface area contributed by atoms with Crippen LogP contribution in [0.5, 0.6) is 11.5 Å². The van der Waals surface area contributed by atoms with Gasteiger partial charge in [-0.3, -0.25) is 4.98 Å². The van der Waals surface area contributed by atoms with Gasteiger partial charge in [-0.15, -0.1) is 0 Å². The number of aromatic nitrogens is 1. The smallest absolute Gasteiger partial charge is 0.340 e. The molecule has 0 aliphatic carbocycles. The van der Waals surface area contributed by atoms with E-state index >= 15 is 0 Å². The third kappa shape index (κ3) is 5.85. The maximum absolute atomic E-state index is 12.8. The quantitative estimate of drug-likeness (QED) is 0.273. The van der Waals surface area contributed by atoms with Gasteiger partial charge in [-0.1, -0.05) is 28.1 Å². The molecule has 184 valence electrons. The van der Waals surface area contributed by atoms with Gasteiger partial charge in [0.15, 0.2) is 11.5 Å². The summed E-state index contributed by atoms with van der Waals surface area (Å²) in [6, 6.07) is 11.3. The number of hydrogen-bond donors (Lipinski definition) is 0. The number of rotatable bonds is 8. The minimum absolute atomic E-state index is 0.177. The van der Waals surface area contributed by atoms with Crippen LogP contribution in [0.4, 0.5) is 0 Å². The first-order valence-electron chi connectivity index (χ1n) is 10.7. The zero-order valence-corrected chi connectivity index (χ0v) is 23.2. The van der Waals surface area contributed by atoms with Crippen LogP contribution in [-0.4, -0.2) is 37.7 Å². The van der Waals surface area contributed by atoms with Crippen molar-refractivity contribution in [2.45, 2.75) is 27.4 Å². The standard InChI is InChI=1S/C26H25Br2NO6/c1-6-34-20-12-17(11-19(28)24(20)35-13-16-7-9-18(27)10-8-16)23-21(25(30)32-4)14(2)29-15(3)22(23)26(31)33-5/h7-12H,6,13H2,1-5H3. The maximum atomic E-state index is 12.8. The van der Waals surface area contributed by atoms with Gasteiger partial charge in [0.25, 0.3) is 0 Å². The molecule has 3 aromatic rings. The summed E-state index contributed by atoms with van der Waals surface area (Å²) in [5, 5.41) is 0. The van der Waals surface area contributed by atoms with E-state index in [9.17, 15) is 9.59 Å². The highest BCUT2D eigenvalue weighted by atomic mass is 79.9. The second kappa shape index (κ2) is 11.7. The van der Waals surface area contributed by atoms with Crippen molar-refractivity contribution in [3.63, 3.8) is 0 Å². The normalized spacial score (nSPS) is 10.6. The zero-order valence-electron chi connectivity index (χ0n) is 20.0. The van der Waals surface area contributed by atoms with Gasteiger partial charge in [0, 0.05) is 10.0 Å². The minimum Gasteiger partial charge on any atom is -0.490 e. The van der Waals surface area contributed by atoms with E-state index in [-0.39, 0.29) is 11.1 Å². The Labute approximate surface area is 221 Å². The molecule has 0 saturated carbocycles. The van der Waals surface area contributed by atoms with Crippen molar-refractivity contribution in [1.82, 2.24) is 4.98 Å². The van der Waals surface area contributed by atoms with Crippen LogP contribution in [-0.2, 0) is 16.1 Å². The summed E-state index contributed by atoms with van der Waals surface area (Å²) in [4.78, 5) is 29.9. The first-order valence-corrected chi connectivity index (χ1v) is 12.3.